The third-order valence-electron chi connectivity index (χ3n) is 10.1. The molecule has 0 radical (unpaired) electrons. The predicted molar refractivity (Wildman–Crippen MR) is 211 cm³/mol. The Morgan fingerprint density at radius 2 is 1.02 bits per heavy atom. The van der Waals surface area contributed by atoms with E-state index in [9.17, 15) is 29.4 Å². The molecule has 0 aromatic heterocycles. The Labute approximate surface area is 343 Å². The zero-order valence-corrected chi connectivity index (χ0v) is 32.6. The number of hydrogen-bond donors (Lipinski definition) is 6. The summed E-state index contributed by atoms with van der Waals surface area (Å²) in [7, 11) is 0. The highest BCUT2D eigenvalue weighted by molar-refractivity contribution is 6.32. The summed E-state index contributed by atoms with van der Waals surface area (Å²) in [5.41, 5.74) is 5.01. The number of carboxylic acids is 2. The number of aromatic hydroxyl groups is 2. The molecule has 16 heteroatoms. The number of phenols is 2. The summed E-state index contributed by atoms with van der Waals surface area (Å²) < 4.78 is 22.2. The van der Waals surface area contributed by atoms with E-state index in [0.29, 0.717) is 35.5 Å². The van der Waals surface area contributed by atoms with Crippen LogP contribution < -0.4 is 20.1 Å². The molecule has 0 saturated heterocycles. The van der Waals surface area contributed by atoms with Gasteiger partial charge < -0.3 is 50.0 Å². The van der Waals surface area contributed by atoms with Crippen molar-refractivity contribution < 1.29 is 58.6 Å². The number of aryl methyl sites for hydroxylation is 2. The number of hydrogen-bond acceptors (Lipinski definition) is 12. The molecule has 0 aliphatic heterocycles. The third-order valence-corrected chi connectivity index (χ3v) is 10.7. The number of nitrogens with one attached hydrogen (secondary N) is 2. The third kappa shape index (κ3) is 11.3. The van der Waals surface area contributed by atoms with Gasteiger partial charge in [0, 0.05) is 25.2 Å². The lowest BCUT2D eigenvalue weighted by Crippen LogP contribution is -2.39. The molecule has 14 nitrogen and oxygen atoms in total. The molecule has 0 heterocycles. The average Bonchev–Trinajstić information content (AvgIpc) is 3.20. The van der Waals surface area contributed by atoms with Crippen LogP contribution >= 0.6 is 23.2 Å². The summed E-state index contributed by atoms with van der Waals surface area (Å²) in [6.45, 7) is -0.785. The Bertz CT molecular complexity index is 2010. The van der Waals surface area contributed by atoms with Gasteiger partial charge in [-0.25, -0.2) is 19.2 Å². The van der Waals surface area contributed by atoms with E-state index in [1.807, 2.05) is 24.3 Å². The Hall–Kier alpha value is -5.54. The quantitative estimate of drug-likeness (QED) is 0.0609. The van der Waals surface area contributed by atoms with Crippen molar-refractivity contribution in [2.24, 2.45) is 0 Å². The SMILES string of the molecule is O=C(O)COc1ccc2c(c1)C[C@@H](NCC(OC(=O)C(=O)OC(CN[C@H]1CCc3ccc(OCC(=O)O)cc3C1)c1ccc(O)c(Cl)c1)c1ccc(O)c(Cl)c1)CC2. The number of rotatable bonds is 16. The predicted octanol–water partition coefficient (Wildman–Crippen LogP) is 5.49. The van der Waals surface area contributed by atoms with Gasteiger partial charge >= 0.3 is 23.9 Å². The van der Waals surface area contributed by atoms with Crippen LogP contribution in [-0.2, 0) is 54.3 Å². The number of fused-ring (bicyclic) bond motifs is 2. The second-order valence-electron chi connectivity index (χ2n) is 14.1. The molecule has 0 amide bonds. The number of esters is 2. The second-order valence-corrected chi connectivity index (χ2v) is 14.9. The van der Waals surface area contributed by atoms with Crippen LogP contribution in [0.15, 0.2) is 72.8 Å². The lowest BCUT2D eigenvalue weighted by atomic mass is 9.88. The standard InChI is InChI=1S/C42H42Cl2N2O12/c43-33-17-25(5-11-35(33)47)37(19-45-29-7-1-23-3-9-31(15-27(23)13-29)55-21-39(49)50)57-41(53)42(54)58-38(26-6-12-36(48)34(44)18-26)20-46-30-8-2-24-4-10-32(16-28(24)14-30)56-22-40(51)52/h3-6,9-12,15-18,29-30,37-38,45-48H,1-2,7-8,13-14,19-22H2,(H,49,50)(H,51,52)/t29-,30-,37?,38?/m0/s1. The van der Waals surface area contributed by atoms with Gasteiger partial charge in [0.15, 0.2) is 13.2 Å². The zero-order valence-electron chi connectivity index (χ0n) is 31.1. The highest BCUT2D eigenvalue weighted by Gasteiger charge is 2.30. The number of carbonyl (C=O) groups excluding carboxylic acids is 2. The summed E-state index contributed by atoms with van der Waals surface area (Å²) in [5.74, 6) is -4.19. The minimum Gasteiger partial charge on any atom is -0.506 e. The maximum atomic E-state index is 13.5. The van der Waals surface area contributed by atoms with Gasteiger partial charge in [-0.1, -0.05) is 47.5 Å². The Morgan fingerprint density at radius 1 is 0.603 bits per heavy atom. The molecule has 2 unspecified atom stereocenters. The summed E-state index contributed by atoms with van der Waals surface area (Å²) in [5, 5.41) is 45.0. The van der Waals surface area contributed by atoms with E-state index in [1.165, 1.54) is 36.4 Å². The van der Waals surface area contributed by atoms with Gasteiger partial charge in [-0.3, -0.25) is 0 Å². The van der Waals surface area contributed by atoms with Crippen LogP contribution in [0.1, 0.15) is 58.4 Å². The maximum Gasteiger partial charge on any atom is 0.418 e. The van der Waals surface area contributed by atoms with E-state index in [2.05, 4.69) is 10.6 Å². The molecule has 2 aliphatic carbocycles. The molecule has 0 spiro atoms. The van der Waals surface area contributed by atoms with E-state index in [-0.39, 0.29) is 46.7 Å². The maximum absolute atomic E-state index is 13.5. The minimum atomic E-state index is -1.28. The van der Waals surface area contributed by atoms with Crippen LogP contribution in [0, 0.1) is 0 Å². The van der Waals surface area contributed by atoms with Crippen LogP contribution in [-0.4, -0.2) is 82.7 Å². The molecule has 58 heavy (non-hydrogen) atoms. The number of aliphatic carboxylic acids is 2. The molecule has 2 aliphatic rings. The minimum absolute atomic E-state index is 0.0197. The lowest BCUT2D eigenvalue weighted by molar-refractivity contribution is -0.174. The molecular weight excluding hydrogens is 795 g/mol. The zero-order chi connectivity index (χ0) is 41.3. The molecule has 4 atom stereocenters. The van der Waals surface area contributed by atoms with Crippen molar-refractivity contribution in [2.45, 2.75) is 62.8 Å². The normalized spacial score (nSPS) is 16.9. The largest absolute Gasteiger partial charge is 0.506 e. The first-order chi connectivity index (χ1) is 27.8. The average molecular weight is 838 g/mol. The van der Waals surface area contributed by atoms with Gasteiger partial charge in [-0.2, -0.15) is 0 Å². The van der Waals surface area contributed by atoms with Crippen LogP contribution in [0.25, 0.3) is 0 Å². The molecule has 0 bridgehead atoms. The van der Waals surface area contributed by atoms with Gasteiger partial charge in [0.2, 0.25) is 0 Å². The number of halogens is 2. The van der Waals surface area contributed by atoms with Gasteiger partial charge in [-0.05, 0) is 120 Å². The van der Waals surface area contributed by atoms with Crippen molar-refractivity contribution in [2.75, 3.05) is 26.3 Å². The summed E-state index contributed by atoms with van der Waals surface area (Å²) in [4.78, 5) is 49.0. The van der Waals surface area contributed by atoms with E-state index in [0.717, 1.165) is 47.9 Å². The molecule has 4 aromatic rings. The van der Waals surface area contributed by atoms with Crippen LogP contribution in [0.4, 0.5) is 0 Å². The molecule has 6 N–H and O–H groups in total. The van der Waals surface area contributed by atoms with Crippen LogP contribution in [0.5, 0.6) is 23.0 Å². The van der Waals surface area contributed by atoms with Crippen molar-refractivity contribution in [3.63, 3.8) is 0 Å². The van der Waals surface area contributed by atoms with Crippen molar-refractivity contribution in [3.05, 3.63) is 116 Å². The molecule has 4 aromatic carbocycles. The number of phenolic OH excluding ortho intramolecular Hbond substituents is 2. The van der Waals surface area contributed by atoms with Crippen molar-refractivity contribution in [1.29, 1.82) is 0 Å². The Morgan fingerprint density at radius 3 is 1.40 bits per heavy atom. The van der Waals surface area contributed by atoms with Crippen molar-refractivity contribution in [1.82, 2.24) is 10.6 Å². The Kier molecular flexibility index (Phi) is 14.0. The first-order valence-corrected chi connectivity index (χ1v) is 19.3. The van der Waals surface area contributed by atoms with Crippen LogP contribution in [0.3, 0.4) is 0 Å². The van der Waals surface area contributed by atoms with E-state index in [1.54, 1.807) is 12.1 Å². The van der Waals surface area contributed by atoms with E-state index in [4.69, 9.17) is 52.4 Å². The number of carboxylic acid groups (broad SMARTS) is 2. The number of ether oxygens (including phenoxy) is 4. The number of carbonyl (C=O) groups is 4. The van der Waals surface area contributed by atoms with Gasteiger partial charge in [0.25, 0.3) is 0 Å². The highest BCUT2D eigenvalue weighted by Crippen LogP contribution is 2.32. The fourth-order valence-electron chi connectivity index (χ4n) is 7.09. The summed E-state index contributed by atoms with van der Waals surface area (Å²) >= 11 is 12.5. The molecule has 0 fully saturated rings. The fraction of sp³-hybridized carbons (Fsp3) is 0.333. The Balaban J connectivity index is 1.13. The topological polar surface area (TPSA) is 210 Å². The lowest BCUT2D eigenvalue weighted by Gasteiger charge is -2.29. The first kappa shape index (κ1) is 42.1. The first-order valence-electron chi connectivity index (χ1n) is 18.6. The summed E-state index contributed by atoms with van der Waals surface area (Å²) in [6, 6.07) is 19.4. The molecular formula is C42H42Cl2N2O12. The molecule has 0 saturated carbocycles. The van der Waals surface area contributed by atoms with E-state index < -0.39 is 49.3 Å². The molecule has 306 valence electrons. The highest BCUT2D eigenvalue weighted by atomic mass is 35.5. The summed E-state index contributed by atoms with van der Waals surface area (Å²) in [6.07, 6.45) is 2.06. The fourth-order valence-corrected chi connectivity index (χ4v) is 7.47. The smallest absolute Gasteiger partial charge is 0.418 e. The second kappa shape index (κ2) is 19.3. The number of benzene rings is 4. The van der Waals surface area contributed by atoms with Gasteiger partial charge in [0.05, 0.1) is 10.0 Å². The van der Waals surface area contributed by atoms with Crippen molar-refractivity contribution >= 4 is 47.1 Å². The molecule has 6 rings (SSSR count). The van der Waals surface area contributed by atoms with Gasteiger partial charge in [-0.15, -0.1) is 0 Å². The van der Waals surface area contributed by atoms with Crippen molar-refractivity contribution in [3.8, 4) is 23.0 Å². The van der Waals surface area contributed by atoms with Crippen LogP contribution in [0.2, 0.25) is 10.0 Å². The van der Waals surface area contributed by atoms with E-state index >= 15 is 0 Å². The monoisotopic (exact) mass is 836 g/mol. The van der Waals surface area contributed by atoms with Gasteiger partial charge in [0.1, 0.15) is 35.2 Å².